The van der Waals surface area contributed by atoms with Crippen molar-refractivity contribution < 1.29 is 9.53 Å². The summed E-state index contributed by atoms with van der Waals surface area (Å²) in [5.74, 6) is -0.0558. The Kier molecular flexibility index (Phi) is 8.54. The van der Waals surface area contributed by atoms with Gasteiger partial charge in [-0.2, -0.15) is 0 Å². The molecule has 178 valence electrons. The molecule has 4 nitrogen and oxygen atoms in total. The topological polar surface area (TPSA) is 42.4 Å². The number of pyridine rings is 1. The lowest BCUT2D eigenvalue weighted by molar-refractivity contribution is -0.136. The molecule has 4 aromatic rings. The largest absolute Gasteiger partial charge is 0.366 e. The third-order valence-corrected chi connectivity index (χ3v) is 6.24. The molecule has 3 aromatic carbocycles. The number of amides is 1. The van der Waals surface area contributed by atoms with E-state index in [9.17, 15) is 4.79 Å². The molecule has 1 fully saturated rings. The normalized spacial score (nSPS) is 17.5. The van der Waals surface area contributed by atoms with Crippen LogP contribution in [0.5, 0.6) is 0 Å². The third-order valence-electron chi connectivity index (χ3n) is 5.73. The van der Waals surface area contributed by atoms with Gasteiger partial charge in [0.05, 0.1) is 24.5 Å². The van der Waals surface area contributed by atoms with Crippen molar-refractivity contribution in [3.63, 3.8) is 0 Å². The van der Waals surface area contributed by atoms with Crippen LogP contribution < -0.4 is 4.90 Å². The van der Waals surface area contributed by atoms with Crippen LogP contribution in [0.1, 0.15) is 22.7 Å². The molecule has 0 radical (unpaired) electrons. The minimum atomic E-state index is -0.522. The van der Waals surface area contributed by atoms with Crippen molar-refractivity contribution >= 4 is 34.8 Å². The number of hydrogen-bond acceptors (Lipinski definition) is 3. The molecule has 0 aliphatic carbocycles. The van der Waals surface area contributed by atoms with Crippen molar-refractivity contribution in [3.05, 3.63) is 130 Å². The van der Waals surface area contributed by atoms with E-state index in [4.69, 9.17) is 27.9 Å². The van der Waals surface area contributed by atoms with Gasteiger partial charge in [-0.1, -0.05) is 83.4 Å². The van der Waals surface area contributed by atoms with E-state index in [1.807, 2.05) is 85.8 Å². The number of anilines is 1. The van der Waals surface area contributed by atoms with E-state index in [1.165, 1.54) is 5.56 Å². The molecule has 0 saturated carbocycles. The fourth-order valence-electron chi connectivity index (χ4n) is 3.89. The lowest BCUT2D eigenvalue weighted by atomic mass is 9.99. The number of hydrogen-bond donors (Lipinski definition) is 0. The summed E-state index contributed by atoms with van der Waals surface area (Å²) in [6, 6.07) is 28.7. The zero-order valence-electron chi connectivity index (χ0n) is 19.4. The average Bonchev–Trinajstić information content (AvgIpc) is 2.88. The second-order valence-electron chi connectivity index (χ2n) is 8.29. The zero-order chi connectivity index (χ0) is 24.6. The minimum Gasteiger partial charge on any atom is -0.366 e. The number of morpholine rings is 1. The van der Waals surface area contributed by atoms with Gasteiger partial charge in [-0.3, -0.25) is 14.7 Å². The van der Waals surface area contributed by atoms with Gasteiger partial charge in [-0.05, 0) is 54.4 Å². The molecule has 1 unspecified atom stereocenters. The Morgan fingerprint density at radius 3 is 2.17 bits per heavy atom. The van der Waals surface area contributed by atoms with Crippen molar-refractivity contribution in [2.24, 2.45) is 0 Å². The Balaban J connectivity index is 0.000000356. The molecule has 1 aliphatic rings. The van der Waals surface area contributed by atoms with Gasteiger partial charge in [0, 0.05) is 22.7 Å². The predicted molar refractivity (Wildman–Crippen MR) is 142 cm³/mol. The third kappa shape index (κ3) is 6.70. The molecular formula is C29H26Cl2N2O2. The smallest absolute Gasteiger partial charge is 0.257 e. The maximum atomic E-state index is 13.4. The van der Waals surface area contributed by atoms with E-state index in [-0.39, 0.29) is 11.9 Å². The number of nitrogens with zero attached hydrogens (tertiary/aromatic N) is 2. The summed E-state index contributed by atoms with van der Waals surface area (Å²) in [6.45, 7) is 2.46. The lowest BCUT2D eigenvalue weighted by Crippen LogP contribution is -2.50. The van der Waals surface area contributed by atoms with E-state index in [2.05, 4.69) is 17.1 Å². The van der Waals surface area contributed by atoms with Crippen molar-refractivity contribution in [2.45, 2.75) is 25.5 Å². The van der Waals surface area contributed by atoms with Crippen LogP contribution in [-0.4, -0.2) is 23.6 Å². The first-order valence-corrected chi connectivity index (χ1v) is 12.1. The van der Waals surface area contributed by atoms with Crippen LogP contribution in [0.2, 0.25) is 10.0 Å². The summed E-state index contributed by atoms with van der Waals surface area (Å²) in [4.78, 5) is 19.4. The summed E-state index contributed by atoms with van der Waals surface area (Å²) in [5, 5.41) is 1.46. The molecular weight excluding hydrogens is 479 g/mol. The van der Waals surface area contributed by atoms with Crippen LogP contribution in [0.4, 0.5) is 5.69 Å². The lowest BCUT2D eigenvalue weighted by Gasteiger charge is -2.39. The molecule has 0 spiro atoms. The highest BCUT2D eigenvalue weighted by molar-refractivity contribution is 6.30. The summed E-state index contributed by atoms with van der Waals surface area (Å²) in [5.41, 5.74) is 4.03. The molecule has 2 atom stereocenters. The Labute approximate surface area is 216 Å². The van der Waals surface area contributed by atoms with Crippen LogP contribution in [-0.2, 0) is 16.0 Å². The number of carbonyl (C=O) groups excluding carboxylic acids is 1. The molecule has 0 bridgehead atoms. The number of aromatic nitrogens is 1. The molecule has 1 amide bonds. The second-order valence-corrected chi connectivity index (χ2v) is 9.17. The molecule has 1 aliphatic heterocycles. The van der Waals surface area contributed by atoms with Crippen LogP contribution in [0, 0.1) is 6.92 Å². The molecule has 5 rings (SSSR count). The first-order valence-electron chi connectivity index (χ1n) is 11.4. The van der Waals surface area contributed by atoms with Crippen molar-refractivity contribution in [3.8, 4) is 0 Å². The van der Waals surface area contributed by atoms with Gasteiger partial charge in [0.15, 0.2) is 0 Å². The van der Waals surface area contributed by atoms with Crippen LogP contribution in [0.25, 0.3) is 0 Å². The van der Waals surface area contributed by atoms with E-state index in [0.29, 0.717) is 18.1 Å². The summed E-state index contributed by atoms with van der Waals surface area (Å²) in [6.07, 6.45) is 3.44. The van der Waals surface area contributed by atoms with Gasteiger partial charge in [-0.15, -0.1) is 0 Å². The van der Waals surface area contributed by atoms with E-state index in [0.717, 1.165) is 21.8 Å². The van der Waals surface area contributed by atoms with Crippen molar-refractivity contribution in [1.29, 1.82) is 0 Å². The fourth-order valence-corrected chi connectivity index (χ4v) is 4.17. The van der Waals surface area contributed by atoms with E-state index < -0.39 is 6.10 Å². The Hall–Kier alpha value is -3.18. The molecule has 1 saturated heterocycles. The van der Waals surface area contributed by atoms with Crippen molar-refractivity contribution in [1.82, 2.24) is 4.98 Å². The van der Waals surface area contributed by atoms with Gasteiger partial charge < -0.3 is 4.74 Å². The standard InChI is InChI=1S/C23H21ClN2O2.C6H5Cl/c1-16-4-6-17(7-5-16)13-22-23(27)26(20-3-2-12-25-14-20)21(15-28-22)18-8-10-19(24)11-9-18;7-6-4-2-1-3-5-6/h2-12,14,21-22H,13,15H2,1H3;1-5H/t21-,22?;/m1./s1. The highest BCUT2D eigenvalue weighted by Crippen LogP contribution is 2.33. The number of rotatable bonds is 4. The van der Waals surface area contributed by atoms with Gasteiger partial charge >= 0.3 is 0 Å². The molecule has 6 heteroatoms. The number of aryl methyl sites for hydroxylation is 1. The van der Waals surface area contributed by atoms with Crippen molar-refractivity contribution in [2.75, 3.05) is 11.5 Å². The maximum absolute atomic E-state index is 13.4. The highest BCUT2D eigenvalue weighted by Gasteiger charge is 2.38. The van der Waals surface area contributed by atoms with Crippen LogP contribution >= 0.6 is 23.2 Å². The first kappa shape index (κ1) is 24.9. The quantitative estimate of drug-likeness (QED) is 0.297. The molecule has 0 N–H and O–H groups in total. The monoisotopic (exact) mass is 504 g/mol. The summed E-state index contributed by atoms with van der Waals surface area (Å²) in [7, 11) is 0. The number of ether oxygens (including phenoxy) is 1. The van der Waals surface area contributed by atoms with Gasteiger partial charge in [0.1, 0.15) is 6.10 Å². The van der Waals surface area contributed by atoms with Crippen LogP contribution in [0.15, 0.2) is 103 Å². The SMILES string of the molecule is Cc1ccc(CC2OC[C@H](c3ccc(Cl)cc3)N(c3cccnc3)C2=O)cc1.Clc1ccccc1. The number of halogens is 2. The van der Waals surface area contributed by atoms with Crippen LogP contribution in [0.3, 0.4) is 0 Å². The Morgan fingerprint density at radius 2 is 1.57 bits per heavy atom. The minimum absolute atomic E-state index is 0.0558. The molecule has 1 aromatic heterocycles. The Bertz CT molecular complexity index is 1220. The van der Waals surface area contributed by atoms with E-state index >= 15 is 0 Å². The fraction of sp³-hybridized carbons (Fsp3) is 0.172. The zero-order valence-corrected chi connectivity index (χ0v) is 20.9. The predicted octanol–water partition coefficient (Wildman–Crippen LogP) is 7.10. The number of benzene rings is 3. The maximum Gasteiger partial charge on any atom is 0.257 e. The van der Waals surface area contributed by atoms with E-state index in [1.54, 1.807) is 17.3 Å². The van der Waals surface area contributed by atoms with Gasteiger partial charge in [0.25, 0.3) is 5.91 Å². The number of carbonyl (C=O) groups is 1. The molecule has 35 heavy (non-hydrogen) atoms. The van der Waals surface area contributed by atoms with Gasteiger partial charge in [0.2, 0.25) is 0 Å². The summed E-state index contributed by atoms with van der Waals surface area (Å²) < 4.78 is 6.03. The van der Waals surface area contributed by atoms with Gasteiger partial charge in [-0.25, -0.2) is 0 Å². The first-order chi connectivity index (χ1) is 17.0. The molecule has 2 heterocycles. The Morgan fingerprint density at radius 1 is 0.886 bits per heavy atom. The summed E-state index contributed by atoms with van der Waals surface area (Å²) >= 11 is 11.6. The highest BCUT2D eigenvalue weighted by atomic mass is 35.5. The average molecular weight is 505 g/mol. The second kappa shape index (κ2) is 12.0.